The van der Waals surface area contributed by atoms with Crippen LogP contribution in [-0.2, 0) is 9.53 Å². The van der Waals surface area contributed by atoms with Crippen LogP contribution in [0, 0.1) is 52.3 Å². The Hall–Kier alpha value is -1.05. The van der Waals surface area contributed by atoms with Crippen LogP contribution in [0.2, 0.25) is 0 Å². The number of carbonyl (C=O) groups excluding carboxylic acids is 1. The van der Waals surface area contributed by atoms with Gasteiger partial charge < -0.3 is 4.74 Å². The van der Waals surface area contributed by atoms with Crippen molar-refractivity contribution in [2.75, 3.05) is 0 Å². The number of esters is 1. The lowest BCUT2D eigenvalue weighted by atomic mass is 9.46. The van der Waals surface area contributed by atoms with Gasteiger partial charge in [0.2, 0.25) is 0 Å². The lowest BCUT2D eigenvalue weighted by Crippen LogP contribution is -2.53. The fraction of sp³-hybridized carbons (Fsp3) is 0.844. The fourth-order valence-corrected chi connectivity index (χ4v) is 9.65. The monoisotopic (exact) mass is 468 g/mol. The molecule has 0 amide bonds. The van der Waals surface area contributed by atoms with Crippen LogP contribution in [-0.4, -0.2) is 12.1 Å². The molecule has 0 radical (unpaired) electrons. The number of rotatable bonds is 6. The highest BCUT2D eigenvalue weighted by Gasteiger charge is 2.59. The third-order valence-corrected chi connectivity index (χ3v) is 11.6. The Labute approximate surface area is 210 Å². The lowest BCUT2D eigenvalue weighted by molar-refractivity contribution is -0.158. The topological polar surface area (TPSA) is 26.3 Å². The highest BCUT2D eigenvalue weighted by atomic mass is 16.5. The van der Waals surface area contributed by atoms with Crippen LogP contribution < -0.4 is 0 Å². The van der Waals surface area contributed by atoms with Gasteiger partial charge in [-0.3, -0.25) is 4.79 Å². The second kappa shape index (κ2) is 9.78. The van der Waals surface area contributed by atoms with Crippen molar-refractivity contribution in [2.24, 2.45) is 52.3 Å². The third kappa shape index (κ3) is 4.34. The normalized spacial score (nSPS) is 43.0. The van der Waals surface area contributed by atoms with Gasteiger partial charge in [0.15, 0.2) is 0 Å². The molecule has 0 aliphatic heterocycles. The summed E-state index contributed by atoms with van der Waals surface area (Å²) in [5.74, 6) is 4.91. The van der Waals surface area contributed by atoms with Gasteiger partial charge in [0.25, 0.3) is 0 Å². The van der Waals surface area contributed by atoms with E-state index in [2.05, 4.69) is 60.6 Å². The summed E-state index contributed by atoms with van der Waals surface area (Å²) in [4.78, 5) is 11.7. The van der Waals surface area contributed by atoms with E-state index in [0.29, 0.717) is 28.6 Å². The summed E-state index contributed by atoms with van der Waals surface area (Å²) in [6, 6.07) is 0. The van der Waals surface area contributed by atoms with E-state index in [9.17, 15) is 4.79 Å². The molecule has 0 spiro atoms. The number of hydrogen-bond acceptors (Lipinski definition) is 2. The molecule has 4 aliphatic rings. The maximum absolute atomic E-state index is 11.7. The second-order valence-corrected chi connectivity index (χ2v) is 13.5. The Bertz CT molecular complexity index is 821. The van der Waals surface area contributed by atoms with E-state index in [0.717, 1.165) is 30.1 Å². The average Bonchev–Trinajstić information content (AvgIpc) is 3.13. The molecule has 0 saturated heterocycles. The van der Waals surface area contributed by atoms with Gasteiger partial charge in [0, 0.05) is 6.92 Å². The molecule has 0 aromatic heterocycles. The Balaban J connectivity index is 1.50. The summed E-state index contributed by atoms with van der Waals surface area (Å²) in [5.41, 5.74) is 4.35. The van der Waals surface area contributed by atoms with Gasteiger partial charge in [-0.2, -0.15) is 0 Å². The zero-order valence-electron chi connectivity index (χ0n) is 23.5. The van der Waals surface area contributed by atoms with Crippen LogP contribution >= 0.6 is 0 Å². The molecule has 9 atom stereocenters. The van der Waals surface area contributed by atoms with Gasteiger partial charge in [0.1, 0.15) is 6.10 Å². The molecule has 0 bridgehead atoms. The SMILES string of the molecule is C/C=C(\CC[C@@H](C)[C@H]1CC[C@H]2C3=CC[C@@H]4[C@H](C)[C@@H](OC(C)=O)CC[C@]4(C)[C@H]3CC[C@]12C)C(C)C. The van der Waals surface area contributed by atoms with E-state index >= 15 is 0 Å². The summed E-state index contributed by atoms with van der Waals surface area (Å²) in [6.07, 6.45) is 16.8. The number of ether oxygens (including phenoxy) is 1. The van der Waals surface area contributed by atoms with Gasteiger partial charge in [-0.05, 0) is 117 Å². The van der Waals surface area contributed by atoms with Crippen LogP contribution in [0.25, 0.3) is 0 Å². The van der Waals surface area contributed by atoms with Crippen molar-refractivity contribution in [2.45, 2.75) is 119 Å². The first-order chi connectivity index (χ1) is 16.0. The van der Waals surface area contributed by atoms with E-state index in [4.69, 9.17) is 4.74 Å². The van der Waals surface area contributed by atoms with Gasteiger partial charge in [-0.25, -0.2) is 0 Å². The minimum atomic E-state index is -0.109. The van der Waals surface area contributed by atoms with Crippen LogP contribution in [0.5, 0.6) is 0 Å². The second-order valence-electron chi connectivity index (χ2n) is 13.5. The molecule has 0 heterocycles. The van der Waals surface area contributed by atoms with Gasteiger partial charge in [-0.15, -0.1) is 0 Å². The quantitative estimate of drug-likeness (QED) is 0.288. The van der Waals surface area contributed by atoms with Crippen molar-refractivity contribution in [3.8, 4) is 0 Å². The molecule has 4 aliphatic carbocycles. The fourth-order valence-electron chi connectivity index (χ4n) is 9.65. The first-order valence-corrected chi connectivity index (χ1v) is 14.5. The van der Waals surface area contributed by atoms with E-state index < -0.39 is 0 Å². The maximum Gasteiger partial charge on any atom is 0.302 e. The summed E-state index contributed by atoms with van der Waals surface area (Å²) >= 11 is 0. The lowest BCUT2D eigenvalue weighted by Gasteiger charge is -2.59. The van der Waals surface area contributed by atoms with Crippen LogP contribution in [0.1, 0.15) is 113 Å². The maximum atomic E-state index is 11.7. The third-order valence-electron chi connectivity index (χ3n) is 11.6. The minimum Gasteiger partial charge on any atom is -0.462 e. The molecule has 2 heteroatoms. The first kappa shape index (κ1) is 26.0. The number of carbonyl (C=O) groups is 1. The Kier molecular flexibility index (Phi) is 7.48. The minimum absolute atomic E-state index is 0.109. The number of allylic oxidation sites excluding steroid dienone is 4. The predicted molar refractivity (Wildman–Crippen MR) is 142 cm³/mol. The zero-order chi connectivity index (χ0) is 24.8. The standard InChI is InChI=1S/C32H52O2/c1-9-24(20(2)3)11-10-21(4)26-14-15-28-25-12-13-27-22(5)30(34-23(6)33)17-19-32(27,8)29(25)16-18-31(26,28)7/h9,12,20-22,26-30H,10-11,13-19H2,1-8H3/b24-9+/t21-,22+,26-,27-,28+,29+,30+,31-,32+/m1/s1. The average molecular weight is 469 g/mol. The molecule has 3 saturated carbocycles. The summed E-state index contributed by atoms with van der Waals surface area (Å²) in [7, 11) is 0. The van der Waals surface area contributed by atoms with Gasteiger partial charge >= 0.3 is 5.97 Å². The van der Waals surface area contributed by atoms with Crippen LogP contribution in [0.4, 0.5) is 0 Å². The molecule has 4 rings (SSSR count). The molecule has 192 valence electrons. The molecule has 2 nitrogen and oxygen atoms in total. The molecule has 0 aromatic carbocycles. The van der Waals surface area contributed by atoms with Gasteiger partial charge in [-0.1, -0.05) is 64.8 Å². The van der Waals surface area contributed by atoms with E-state index in [1.54, 1.807) is 12.5 Å². The zero-order valence-corrected chi connectivity index (χ0v) is 23.5. The van der Waals surface area contributed by atoms with Gasteiger partial charge in [0.05, 0.1) is 0 Å². The largest absolute Gasteiger partial charge is 0.462 e. The molecular formula is C32H52O2. The number of fused-ring (bicyclic) bond motifs is 5. The van der Waals surface area contributed by atoms with Crippen molar-refractivity contribution >= 4 is 5.97 Å². The molecular weight excluding hydrogens is 416 g/mol. The highest BCUT2D eigenvalue weighted by molar-refractivity contribution is 5.66. The summed E-state index contributed by atoms with van der Waals surface area (Å²) in [5, 5.41) is 0. The Morgan fingerprint density at radius 1 is 1.09 bits per heavy atom. The van der Waals surface area contributed by atoms with Crippen LogP contribution in [0.3, 0.4) is 0 Å². The Morgan fingerprint density at radius 2 is 1.76 bits per heavy atom. The van der Waals surface area contributed by atoms with Crippen molar-refractivity contribution in [1.82, 2.24) is 0 Å². The van der Waals surface area contributed by atoms with Crippen molar-refractivity contribution in [3.05, 3.63) is 23.3 Å². The van der Waals surface area contributed by atoms with Crippen molar-refractivity contribution < 1.29 is 9.53 Å². The number of hydrogen-bond donors (Lipinski definition) is 0. The highest BCUT2D eigenvalue weighted by Crippen LogP contribution is 2.67. The van der Waals surface area contributed by atoms with Crippen LogP contribution in [0.15, 0.2) is 23.3 Å². The van der Waals surface area contributed by atoms with E-state index in [1.807, 2.05) is 5.57 Å². The predicted octanol–water partition coefficient (Wildman–Crippen LogP) is 8.76. The molecule has 34 heavy (non-hydrogen) atoms. The summed E-state index contributed by atoms with van der Waals surface area (Å²) < 4.78 is 5.76. The molecule has 0 N–H and O–H groups in total. The van der Waals surface area contributed by atoms with Crippen molar-refractivity contribution in [1.29, 1.82) is 0 Å². The van der Waals surface area contributed by atoms with E-state index in [1.165, 1.54) is 51.4 Å². The van der Waals surface area contributed by atoms with Crippen molar-refractivity contribution in [3.63, 3.8) is 0 Å². The van der Waals surface area contributed by atoms with E-state index in [-0.39, 0.29) is 12.1 Å². The first-order valence-electron chi connectivity index (χ1n) is 14.5. The summed E-state index contributed by atoms with van der Waals surface area (Å²) in [6.45, 7) is 18.7. The molecule has 0 aromatic rings. The Morgan fingerprint density at radius 3 is 2.41 bits per heavy atom. The molecule has 3 fully saturated rings. The molecule has 0 unspecified atom stereocenters. The smallest absolute Gasteiger partial charge is 0.302 e.